The number of rotatable bonds is 0. The maximum atomic E-state index is 9.67. The van der Waals surface area contributed by atoms with Crippen LogP contribution in [0.4, 0.5) is 13.2 Å². The second kappa shape index (κ2) is 16.3. The number of hydrogen-bond donors (Lipinski definition) is 4. The number of nitrogens with zero attached hydrogens (tertiary/aromatic N) is 2. The number of benzene rings is 1. The Bertz CT molecular complexity index is 596. The van der Waals surface area contributed by atoms with Crippen LogP contribution in [0.15, 0.2) is 36.7 Å². The average molecular weight is 503 g/mol. The topological polar surface area (TPSA) is 139 Å². The van der Waals surface area contributed by atoms with Gasteiger partial charge >= 0.3 is 75.6 Å². The quantitative estimate of drug-likeness (QED) is 0.226. The Labute approximate surface area is 201 Å². The number of fused-ring (bicyclic) bond motifs is 1. The second-order valence-electron chi connectivity index (χ2n) is 3.70. The number of hydrogen-bond acceptors (Lipinski definition) is 8. The zero-order valence-corrected chi connectivity index (χ0v) is 20.2. The van der Waals surface area contributed by atoms with E-state index in [2.05, 4.69) is 26.4 Å². The second-order valence-corrected chi connectivity index (χ2v) is 4.55. The van der Waals surface area contributed by atoms with Gasteiger partial charge in [-0.05, 0) is 12.1 Å². The molecule has 3 rings (SSSR count). The van der Waals surface area contributed by atoms with Gasteiger partial charge in [0.15, 0.2) is 0 Å². The van der Waals surface area contributed by atoms with Crippen LogP contribution in [-0.4, -0.2) is 47.3 Å². The Hall–Kier alpha value is 0.152. The molecular formula is C11H15CsF3N5O4S. The zero-order valence-electron chi connectivity index (χ0n) is 13.1. The van der Waals surface area contributed by atoms with Crippen LogP contribution in [0.25, 0.3) is 11.0 Å². The molecule has 136 valence electrons. The first-order valence-corrected chi connectivity index (χ1v) is 7.53. The van der Waals surface area contributed by atoms with Crippen molar-refractivity contribution < 1.29 is 99.6 Å². The average Bonchev–Trinajstić information content (AvgIpc) is 3.04. The third-order valence-electron chi connectivity index (χ3n) is 1.93. The Kier molecular flexibility index (Phi) is 17.9. The van der Waals surface area contributed by atoms with Crippen LogP contribution in [-0.2, 0) is 10.4 Å². The molecule has 1 aromatic heterocycles. The number of halogens is 3. The molecule has 2 heterocycles. The summed E-state index contributed by atoms with van der Waals surface area (Å²) >= 11 is 0. The van der Waals surface area contributed by atoms with Gasteiger partial charge in [0, 0.05) is 25.5 Å². The standard InChI is InChI=1S/C8H6N2.C2H7N3.CHF3.Cs.H2O4S/c1-2-4-8-7(3-1)9-5-6-10-8;1-2-4-5-3-1;2-1(3)4;;1-5(2,3)4/h1-6H;3-5H,1-2H2;1H;;(H2,1,2,3,4)/q;;;+1;/p-1. The summed E-state index contributed by atoms with van der Waals surface area (Å²) in [7, 11) is -4.92. The Morgan fingerprint density at radius 3 is 1.60 bits per heavy atom. The number of aromatic nitrogens is 2. The van der Waals surface area contributed by atoms with Gasteiger partial charge in [-0.15, -0.1) is 0 Å². The fourth-order valence-corrected chi connectivity index (χ4v) is 1.22. The summed E-state index contributed by atoms with van der Waals surface area (Å²) < 4.78 is 61.8. The third kappa shape index (κ3) is 22.1. The van der Waals surface area contributed by atoms with Gasteiger partial charge < -0.3 is 4.55 Å². The predicted molar refractivity (Wildman–Crippen MR) is 78.1 cm³/mol. The molecule has 0 aliphatic carbocycles. The number of alkyl halides is 3. The molecule has 0 spiro atoms. The molecule has 25 heavy (non-hydrogen) atoms. The van der Waals surface area contributed by atoms with E-state index in [-0.39, 0.29) is 68.9 Å². The molecule has 9 nitrogen and oxygen atoms in total. The summed E-state index contributed by atoms with van der Waals surface area (Å²) in [5.74, 6) is 0. The van der Waals surface area contributed by atoms with Gasteiger partial charge in [-0.2, -0.15) is 18.7 Å². The van der Waals surface area contributed by atoms with Crippen molar-refractivity contribution in [2.75, 3.05) is 13.1 Å². The van der Waals surface area contributed by atoms with E-state index in [9.17, 15) is 13.2 Å². The Morgan fingerprint density at radius 1 is 1.04 bits per heavy atom. The fourth-order valence-electron chi connectivity index (χ4n) is 1.22. The van der Waals surface area contributed by atoms with E-state index in [1.807, 2.05) is 24.3 Å². The van der Waals surface area contributed by atoms with E-state index in [1.54, 1.807) is 12.4 Å². The van der Waals surface area contributed by atoms with Crippen LogP contribution in [0.1, 0.15) is 0 Å². The summed E-state index contributed by atoms with van der Waals surface area (Å²) in [5.41, 5.74) is 10.3. The van der Waals surface area contributed by atoms with E-state index in [4.69, 9.17) is 17.5 Å². The van der Waals surface area contributed by atoms with Gasteiger partial charge in [-0.1, -0.05) is 12.1 Å². The smallest absolute Gasteiger partial charge is 0.726 e. The number of hydrazine groups is 2. The molecular weight excluding hydrogens is 488 g/mol. The van der Waals surface area contributed by atoms with Crippen molar-refractivity contribution in [1.29, 1.82) is 0 Å². The molecule has 14 heteroatoms. The van der Waals surface area contributed by atoms with Crippen molar-refractivity contribution in [2.24, 2.45) is 0 Å². The molecule has 1 aromatic carbocycles. The molecule has 0 atom stereocenters. The minimum atomic E-state index is -4.92. The van der Waals surface area contributed by atoms with Crippen LogP contribution in [0.5, 0.6) is 0 Å². The first-order valence-electron chi connectivity index (χ1n) is 6.17. The van der Waals surface area contributed by atoms with E-state index in [0.717, 1.165) is 24.1 Å². The van der Waals surface area contributed by atoms with Crippen LogP contribution in [0.2, 0.25) is 0 Å². The molecule has 0 radical (unpaired) electrons. The molecule has 1 saturated heterocycles. The van der Waals surface area contributed by atoms with E-state index >= 15 is 0 Å². The third-order valence-corrected chi connectivity index (χ3v) is 1.93. The maximum Gasteiger partial charge on any atom is 1.00 e. The molecule has 1 aliphatic rings. The van der Waals surface area contributed by atoms with Crippen molar-refractivity contribution in [2.45, 2.75) is 6.68 Å². The predicted octanol–water partition coefficient (Wildman–Crippen LogP) is -2.58. The summed E-state index contributed by atoms with van der Waals surface area (Å²) in [6, 6.07) is 7.80. The number of nitrogens with one attached hydrogen (secondary N) is 3. The summed E-state index contributed by atoms with van der Waals surface area (Å²) in [5, 5.41) is 0. The minimum absolute atomic E-state index is 0. The first-order chi connectivity index (χ1) is 11.2. The van der Waals surface area contributed by atoms with Gasteiger partial charge in [0.05, 0.1) is 11.0 Å². The van der Waals surface area contributed by atoms with Crippen molar-refractivity contribution in [1.82, 2.24) is 26.4 Å². The molecule has 2 aromatic rings. The molecule has 0 unspecified atom stereocenters. The SMILES string of the molecule is C1CNNN1.FC(F)F.O=S(=O)([O-])O.[Cs+].c1ccc2nccnc2c1. The Balaban J connectivity index is 0. The van der Waals surface area contributed by atoms with Gasteiger partial charge in [0.25, 0.3) is 0 Å². The molecule has 1 aliphatic heterocycles. The minimum Gasteiger partial charge on any atom is -0.726 e. The van der Waals surface area contributed by atoms with Gasteiger partial charge in [0.1, 0.15) is 0 Å². The van der Waals surface area contributed by atoms with Crippen LogP contribution in [0.3, 0.4) is 0 Å². The molecule has 0 saturated carbocycles. The maximum absolute atomic E-state index is 9.67. The molecule has 0 amide bonds. The summed E-state index contributed by atoms with van der Waals surface area (Å²) in [4.78, 5) is 8.24. The normalized spacial score (nSPS) is 12.6. The van der Waals surface area contributed by atoms with Gasteiger partial charge in [-0.3, -0.25) is 14.5 Å². The van der Waals surface area contributed by atoms with E-state index in [1.165, 1.54) is 0 Å². The Morgan fingerprint density at radius 2 is 1.36 bits per heavy atom. The summed E-state index contributed by atoms with van der Waals surface area (Å²) in [6.45, 7) is -1.61. The molecule has 1 fully saturated rings. The summed E-state index contributed by atoms with van der Waals surface area (Å²) in [6.07, 6.45) is 3.39. The van der Waals surface area contributed by atoms with Crippen molar-refractivity contribution in [3.63, 3.8) is 0 Å². The van der Waals surface area contributed by atoms with Gasteiger partial charge in [-0.25, -0.2) is 19.3 Å². The van der Waals surface area contributed by atoms with Crippen LogP contribution >= 0.6 is 0 Å². The fraction of sp³-hybridized carbons (Fsp3) is 0.273. The zero-order chi connectivity index (χ0) is 18.4. The molecule has 0 bridgehead atoms. The van der Waals surface area contributed by atoms with Crippen molar-refractivity contribution in [3.8, 4) is 0 Å². The number of para-hydroxylation sites is 2. The van der Waals surface area contributed by atoms with Crippen LogP contribution < -0.4 is 85.3 Å². The van der Waals surface area contributed by atoms with Crippen LogP contribution in [0, 0.1) is 0 Å². The largest absolute Gasteiger partial charge is 1.00 e. The monoisotopic (exact) mass is 503 g/mol. The van der Waals surface area contributed by atoms with E-state index < -0.39 is 17.1 Å². The van der Waals surface area contributed by atoms with Crippen molar-refractivity contribution >= 4 is 21.4 Å². The van der Waals surface area contributed by atoms with E-state index in [0.29, 0.717) is 0 Å². The molecule has 4 N–H and O–H groups in total. The van der Waals surface area contributed by atoms with Gasteiger partial charge in [0.2, 0.25) is 10.4 Å². The van der Waals surface area contributed by atoms with Crippen molar-refractivity contribution in [3.05, 3.63) is 36.7 Å². The first kappa shape index (κ1) is 27.4.